The standard InChI is InChI=1S/C28H35FN6O5.C12H14N2O.C2H6/c1-30-33-26(23-5-3-2-4-22(23)19-36)17-21-6-7-25(29)24(16-21)28(39)35-12-10-34(11-13-35)27(38)18-31-8-14-40-15-9-32-20-37;1-7-11(14-8(2)15)3-9(6-13-7)12-4-10(12)5-12;1-2/h2-7,16,19-20,30-31H,8-15,17-18H2,1H3,(H,32,37);3,6,10H,4-5H2,1-2H3,(H,14,15);1-2H3/b33-26-;;. The molecule has 2 aliphatic carbocycles. The van der Waals surface area contributed by atoms with Crippen molar-refractivity contribution in [2.24, 2.45) is 11.0 Å². The van der Waals surface area contributed by atoms with Crippen LogP contribution in [0.15, 0.2) is 59.8 Å². The number of amides is 4. The van der Waals surface area contributed by atoms with Gasteiger partial charge in [0, 0.05) is 82.4 Å². The highest BCUT2D eigenvalue weighted by atomic mass is 19.1. The number of hydrogen-bond donors (Lipinski definition) is 4. The number of rotatable bonds is 17. The SMILES string of the molecule is CC.CC(=O)Nc1cc(C23CC2C3)cnc1C.CN/N=C(/Cc1ccc(F)c(C(=O)N2CCN(C(=O)CNCCOCCNC=O)CC2)c1)c1ccccc1C=O. The summed E-state index contributed by atoms with van der Waals surface area (Å²) in [6, 6.07) is 13.5. The second-order valence-electron chi connectivity index (χ2n) is 13.8. The van der Waals surface area contributed by atoms with Gasteiger partial charge in [0.05, 0.1) is 42.4 Å². The van der Waals surface area contributed by atoms with Crippen LogP contribution in [-0.2, 0) is 31.0 Å². The predicted molar refractivity (Wildman–Crippen MR) is 217 cm³/mol. The molecule has 0 radical (unpaired) electrons. The van der Waals surface area contributed by atoms with Crippen LogP contribution in [0.4, 0.5) is 10.1 Å². The van der Waals surface area contributed by atoms with Crippen molar-refractivity contribution in [3.05, 3.63) is 94.1 Å². The van der Waals surface area contributed by atoms with Crippen LogP contribution in [0.1, 0.15) is 76.7 Å². The molecule has 306 valence electrons. The second kappa shape index (κ2) is 21.7. The zero-order valence-corrected chi connectivity index (χ0v) is 33.5. The number of piperazine rings is 1. The Hall–Kier alpha value is -5.54. The average Bonchev–Trinajstić information content (AvgIpc) is 4.13. The largest absolute Gasteiger partial charge is 0.378 e. The third-order valence-electron chi connectivity index (χ3n) is 10.0. The number of ether oxygens (including phenoxy) is 1. The maximum absolute atomic E-state index is 14.8. The number of pyridine rings is 1. The van der Waals surface area contributed by atoms with Crippen molar-refractivity contribution < 1.29 is 33.1 Å². The lowest BCUT2D eigenvalue weighted by molar-refractivity contribution is -0.131. The number of hydrazone groups is 1. The first-order valence-electron chi connectivity index (χ1n) is 19.4. The fourth-order valence-corrected chi connectivity index (χ4v) is 6.60. The molecule has 15 heteroatoms. The molecular formula is C42H55FN8O6. The van der Waals surface area contributed by atoms with Gasteiger partial charge in [-0.2, -0.15) is 5.10 Å². The maximum Gasteiger partial charge on any atom is 0.256 e. The molecule has 0 unspecified atom stereocenters. The Balaban J connectivity index is 0.000000347. The molecule has 57 heavy (non-hydrogen) atoms. The van der Waals surface area contributed by atoms with Crippen LogP contribution in [0, 0.1) is 18.7 Å². The van der Waals surface area contributed by atoms with E-state index in [9.17, 15) is 28.4 Å². The number of aromatic nitrogens is 1. The summed E-state index contributed by atoms with van der Waals surface area (Å²) in [6.45, 7) is 10.6. The number of carbonyl (C=O) groups is 5. The number of benzene rings is 2. The summed E-state index contributed by atoms with van der Waals surface area (Å²) in [7, 11) is 1.65. The summed E-state index contributed by atoms with van der Waals surface area (Å²) >= 11 is 0. The average molecular weight is 787 g/mol. The van der Waals surface area contributed by atoms with Crippen molar-refractivity contribution in [1.29, 1.82) is 0 Å². The first kappa shape index (κ1) is 44.2. The molecule has 4 N–H and O–H groups in total. The summed E-state index contributed by atoms with van der Waals surface area (Å²) in [5, 5.41) is 12.7. The molecule has 2 aromatic carbocycles. The summed E-state index contributed by atoms with van der Waals surface area (Å²) in [4.78, 5) is 66.0. The van der Waals surface area contributed by atoms with Crippen molar-refractivity contribution in [2.75, 3.05) is 71.4 Å². The molecule has 1 saturated heterocycles. The molecule has 3 aliphatic rings. The molecule has 3 aromatic rings. The lowest BCUT2D eigenvalue weighted by atomic mass is 9.97. The molecule has 0 atom stereocenters. The van der Waals surface area contributed by atoms with E-state index in [1.165, 1.54) is 37.5 Å². The number of aldehydes is 1. The first-order chi connectivity index (χ1) is 27.6. The Kier molecular flexibility index (Phi) is 16.8. The normalized spacial score (nSPS) is 17.7. The first-order valence-corrected chi connectivity index (χ1v) is 19.4. The topological polar surface area (TPSA) is 174 Å². The molecule has 1 aliphatic heterocycles. The zero-order valence-electron chi connectivity index (χ0n) is 33.5. The Morgan fingerprint density at radius 2 is 1.67 bits per heavy atom. The number of fused-ring (bicyclic) bond motifs is 1. The van der Waals surface area contributed by atoms with Crippen LogP contribution in [0.25, 0.3) is 0 Å². The third-order valence-corrected chi connectivity index (χ3v) is 10.0. The second-order valence-corrected chi connectivity index (χ2v) is 13.8. The summed E-state index contributed by atoms with van der Waals surface area (Å²) in [6.07, 6.45) is 6.24. The van der Waals surface area contributed by atoms with Crippen LogP contribution in [0.2, 0.25) is 0 Å². The van der Waals surface area contributed by atoms with E-state index < -0.39 is 11.7 Å². The van der Waals surface area contributed by atoms with Gasteiger partial charge in [-0.1, -0.05) is 44.2 Å². The van der Waals surface area contributed by atoms with Gasteiger partial charge in [-0.3, -0.25) is 29.0 Å². The molecular weight excluding hydrogens is 732 g/mol. The minimum absolute atomic E-state index is 0.0299. The number of aryl methyl sites for hydroxylation is 1. The maximum atomic E-state index is 14.8. The van der Waals surface area contributed by atoms with Gasteiger partial charge in [-0.15, -0.1) is 0 Å². The van der Waals surface area contributed by atoms with E-state index in [4.69, 9.17) is 4.74 Å². The molecule has 2 heterocycles. The number of hydrogen-bond acceptors (Lipinski definition) is 10. The van der Waals surface area contributed by atoms with Crippen LogP contribution >= 0.6 is 0 Å². The van der Waals surface area contributed by atoms with Gasteiger partial charge in [-0.25, -0.2) is 4.39 Å². The Bertz CT molecular complexity index is 1890. The minimum Gasteiger partial charge on any atom is -0.378 e. The van der Waals surface area contributed by atoms with E-state index in [0.29, 0.717) is 86.7 Å². The van der Waals surface area contributed by atoms with Crippen LogP contribution in [0.3, 0.4) is 0 Å². The number of anilines is 1. The van der Waals surface area contributed by atoms with E-state index in [1.807, 2.05) is 27.0 Å². The molecule has 3 fully saturated rings. The third kappa shape index (κ3) is 12.2. The highest BCUT2D eigenvalue weighted by Crippen LogP contribution is 2.75. The highest BCUT2D eigenvalue weighted by Gasteiger charge is 2.70. The molecule has 0 bridgehead atoms. The van der Waals surface area contributed by atoms with Crippen molar-refractivity contribution in [3.8, 4) is 0 Å². The number of nitrogens with zero attached hydrogens (tertiary/aromatic N) is 4. The fraction of sp³-hybridized carbons (Fsp3) is 0.452. The zero-order chi connectivity index (χ0) is 41.4. The molecule has 14 nitrogen and oxygen atoms in total. The summed E-state index contributed by atoms with van der Waals surface area (Å²) < 4.78 is 20.1. The van der Waals surface area contributed by atoms with Gasteiger partial charge in [-0.05, 0) is 55.0 Å². The van der Waals surface area contributed by atoms with Gasteiger partial charge < -0.3 is 35.9 Å². The van der Waals surface area contributed by atoms with Crippen molar-refractivity contribution >= 4 is 41.8 Å². The van der Waals surface area contributed by atoms with Gasteiger partial charge in [0.2, 0.25) is 18.2 Å². The van der Waals surface area contributed by atoms with Gasteiger partial charge in [0.1, 0.15) is 5.82 Å². The van der Waals surface area contributed by atoms with Gasteiger partial charge in [0.25, 0.3) is 5.91 Å². The predicted octanol–water partition coefficient (Wildman–Crippen LogP) is 3.48. The quantitative estimate of drug-likeness (QED) is 0.0692. The van der Waals surface area contributed by atoms with Gasteiger partial charge in [0.15, 0.2) is 6.29 Å². The minimum atomic E-state index is -0.624. The number of halogens is 1. The molecule has 4 amide bonds. The molecule has 0 spiro atoms. The van der Waals surface area contributed by atoms with E-state index in [-0.39, 0.29) is 30.3 Å². The van der Waals surface area contributed by atoms with E-state index in [0.717, 1.165) is 23.6 Å². The van der Waals surface area contributed by atoms with Crippen molar-refractivity contribution in [3.63, 3.8) is 0 Å². The van der Waals surface area contributed by atoms with Crippen molar-refractivity contribution in [1.82, 2.24) is 30.8 Å². The highest BCUT2D eigenvalue weighted by molar-refractivity contribution is 6.07. The Labute approximate surface area is 334 Å². The fourth-order valence-electron chi connectivity index (χ4n) is 6.60. The number of carbonyl (C=O) groups excluding carboxylic acids is 5. The van der Waals surface area contributed by atoms with E-state index in [2.05, 4.69) is 37.5 Å². The van der Waals surface area contributed by atoms with E-state index in [1.54, 1.807) is 47.2 Å². The van der Waals surface area contributed by atoms with Crippen LogP contribution < -0.4 is 21.4 Å². The molecule has 6 rings (SSSR count). The Morgan fingerprint density at radius 1 is 0.982 bits per heavy atom. The monoisotopic (exact) mass is 786 g/mol. The van der Waals surface area contributed by atoms with Gasteiger partial charge >= 0.3 is 0 Å². The van der Waals surface area contributed by atoms with Crippen LogP contribution in [0.5, 0.6) is 0 Å². The molecule has 1 aromatic heterocycles. The summed E-state index contributed by atoms with van der Waals surface area (Å²) in [5.41, 5.74) is 8.62. The lowest BCUT2D eigenvalue weighted by Gasteiger charge is -2.35. The van der Waals surface area contributed by atoms with Crippen LogP contribution in [-0.4, -0.2) is 117 Å². The smallest absolute Gasteiger partial charge is 0.256 e. The summed E-state index contributed by atoms with van der Waals surface area (Å²) in [5.74, 6) is -0.271. The number of nitrogens with one attached hydrogen (secondary N) is 4. The van der Waals surface area contributed by atoms with Crippen molar-refractivity contribution in [2.45, 2.75) is 52.4 Å². The van der Waals surface area contributed by atoms with E-state index >= 15 is 0 Å². The Morgan fingerprint density at radius 3 is 2.32 bits per heavy atom. The molecule has 2 saturated carbocycles. The lowest BCUT2D eigenvalue weighted by Crippen LogP contribution is -2.52.